The number of aromatic nitrogens is 2. The summed E-state index contributed by atoms with van der Waals surface area (Å²) in [6, 6.07) is 12.4. The van der Waals surface area contributed by atoms with Gasteiger partial charge in [0, 0.05) is 38.0 Å². The third kappa shape index (κ3) is 4.46. The van der Waals surface area contributed by atoms with Gasteiger partial charge in [0.05, 0.1) is 5.39 Å². The first-order valence-electron chi connectivity index (χ1n) is 9.14. The Morgan fingerprint density at radius 3 is 2.54 bits per heavy atom. The molecule has 0 atom stereocenters. The van der Waals surface area contributed by atoms with Crippen molar-refractivity contribution in [2.45, 2.75) is 6.42 Å². The van der Waals surface area contributed by atoms with Crippen molar-refractivity contribution >= 4 is 33.3 Å². The van der Waals surface area contributed by atoms with Crippen LogP contribution in [0.15, 0.2) is 68.0 Å². The standard InChI is InChI=1S/C22H24N4OS/c1-4-12-26(13-5-2)20(27)11-14-25(3)21-18-15-19(17-9-7-6-8-10-17)28-22(18)24-16-23-21/h4-10,15-16H,1-2,11-14H2,3H3. The predicted octanol–water partition coefficient (Wildman–Crippen LogP) is 4.39. The maximum absolute atomic E-state index is 12.5. The summed E-state index contributed by atoms with van der Waals surface area (Å²) in [5, 5.41) is 1.01. The number of hydrogen-bond donors (Lipinski definition) is 0. The molecule has 0 bridgehead atoms. The fraction of sp³-hybridized carbons (Fsp3) is 0.227. The van der Waals surface area contributed by atoms with Crippen molar-refractivity contribution in [1.82, 2.24) is 14.9 Å². The number of amides is 1. The minimum Gasteiger partial charge on any atom is -0.359 e. The van der Waals surface area contributed by atoms with Gasteiger partial charge in [-0.2, -0.15) is 0 Å². The zero-order valence-corrected chi connectivity index (χ0v) is 16.9. The van der Waals surface area contributed by atoms with Crippen molar-refractivity contribution in [3.63, 3.8) is 0 Å². The number of fused-ring (bicyclic) bond motifs is 1. The van der Waals surface area contributed by atoms with Crippen LogP contribution in [0, 0.1) is 0 Å². The normalized spacial score (nSPS) is 10.6. The molecule has 0 fully saturated rings. The lowest BCUT2D eigenvalue weighted by atomic mass is 10.2. The van der Waals surface area contributed by atoms with Gasteiger partial charge in [0.2, 0.25) is 5.91 Å². The van der Waals surface area contributed by atoms with Gasteiger partial charge in [0.15, 0.2) is 0 Å². The van der Waals surface area contributed by atoms with Crippen LogP contribution in [0.5, 0.6) is 0 Å². The van der Waals surface area contributed by atoms with E-state index in [1.54, 1.807) is 34.7 Å². The summed E-state index contributed by atoms with van der Waals surface area (Å²) in [5.41, 5.74) is 1.17. The zero-order chi connectivity index (χ0) is 19.9. The lowest BCUT2D eigenvalue weighted by molar-refractivity contribution is -0.129. The molecule has 0 saturated carbocycles. The summed E-state index contributed by atoms with van der Waals surface area (Å²) >= 11 is 1.65. The number of anilines is 1. The van der Waals surface area contributed by atoms with Crippen LogP contribution in [0.4, 0.5) is 5.82 Å². The molecule has 3 aromatic rings. The van der Waals surface area contributed by atoms with Crippen LogP contribution < -0.4 is 4.90 Å². The molecule has 0 unspecified atom stereocenters. The number of carbonyl (C=O) groups is 1. The number of nitrogens with zero attached hydrogens (tertiary/aromatic N) is 4. The van der Waals surface area contributed by atoms with E-state index >= 15 is 0 Å². The van der Waals surface area contributed by atoms with E-state index in [2.05, 4.69) is 41.3 Å². The average Bonchev–Trinajstić information content (AvgIpc) is 3.16. The molecule has 0 aliphatic heterocycles. The van der Waals surface area contributed by atoms with Crippen molar-refractivity contribution in [1.29, 1.82) is 0 Å². The molecular weight excluding hydrogens is 368 g/mol. The fourth-order valence-electron chi connectivity index (χ4n) is 3.01. The van der Waals surface area contributed by atoms with Crippen LogP contribution in [0.25, 0.3) is 20.7 Å². The van der Waals surface area contributed by atoms with Crippen molar-refractivity contribution in [3.8, 4) is 10.4 Å². The monoisotopic (exact) mass is 392 g/mol. The SMILES string of the molecule is C=CCN(CC=C)C(=O)CCN(C)c1ncnc2sc(-c3ccccc3)cc12. The molecule has 0 aliphatic carbocycles. The highest BCUT2D eigenvalue weighted by Crippen LogP contribution is 2.35. The maximum Gasteiger partial charge on any atom is 0.224 e. The highest BCUT2D eigenvalue weighted by molar-refractivity contribution is 7.21. The summed E-state index contributed by atoms with van der Waals surface area (Å²) in [4.78, 5) is 27.2. The topological polar surface area (TPSA) is 49.3 Å². The first-order valence-corrected chi connectivity index (χ1v) is 9.96. The van der Waals surface area contributed by atoms with E-state index in [0.717, 1.165) is 20.9 Å². The molecule has 28 heavy (non-hydrogen) atoms. The Morgan fingerprint density at radius 2 is 1.86 bits per heavy atom. The molecule has 0 saturated heterocycles. The minimum absolute atomic E-state index is 0.0762. The first-order chi connectivity index (χ1) is 13.6. The van der Waals surface area contributed by atoms with Crippen LogP contribution in [-0.2, 0) is 4.79 Å². The van der Waals surface area contributed by atoms with E-state index in [0.29, 0.717) is 26.1 Å². The largest absolute Gasteiger partial charge is 0.359 e. The molecule has 0 radical (unpaired) electrons. The Hall–Kier alpha value is -2.99. The van der Waals surface area contributed by atoms with Gasteiger partial charge in [-0.1, -0.05) is 42.5 Å². The van der Waals surface area contributed by atoms with Crippen molar-refractivity contribution in [3.05, 3.63) is 68.0 Å². The lowest BCUT2D eigenvalue weighted by Gasteiger charge is -2.22. The molecule has 5 nitrogen and oxygen atoms in total. The highest BCUT2D eigenvalue weighted by atomic mass is 32.1. The van der Waals surface area contributed by atoms with Gasteiger partial charge < -0.3 is 9.80 Å². The summed E-state index contributed by atoms with van der Waals surface area (Å²) in [5.74, 6) is 0.919. The van der Waals surface area contributed by atoms with Gasteiger partial charge >= 0.3 is 0 Å². The average molecular weight is 393 g/mol. The van der Waals surface area contributed by atoms with E-state index in [1.807, 2.05) is 30.1 Å². The van der Waals surface area contributed by atoms with E-state index in [9.17, 15) is 4.79 Å². The molecule has 2 aromatic heterocycles. The molecular formula is C22H24N4OS. The Kier molecular flexibility index (Phi) is 6.55. The van der Waals surface area contributed by atoms with E-state index in [4.69, 9.17) is 0 Å². The Labute approximate surface area is 169 Å². The summed E-state index contributed by atoms with van der Waals surface area (Å²) in [6.07, 6.45) is 5.45. The number of hydrogen-bond acceptors (Lipinski definition) is 5. The summed E-state index contributed by atoms with van der Waals surface area (Å²) in [6.45, 7) is 9.06. The molecule has 0 aliphatic rings. The Morgan fingerprint density at radius 1 is 1.14 bits per heavy atom. The molecule has 1 amide bonds. The van der Waals surface area contributed by atoms with Gasteiger partial charge in [0.25, 0.3) is 0 Å². The number of thiophene rings is 1. The molecule has 1 aromatic carbocycles. The highest BCUT2D eigenvalue weighted by Gasteiger charge is 2.16. The maximum atomic E-state index is 12.5. The second-order valence-corrected chi connectivity index (χ2v) is 7.47. The van der Waals surface area contributed by atoms with Gasteiger partial charge in [-0.15, -0.1) is 24.5 Å². The second kappa shape index (κ2) is 9.28. The van der Waals surface area contributed by atoms with Crippen LogP contribution in [0.3, 0.4) is 0 Å². The fourth-order valence-corrected chi connectivity index (χ4v) is 4.01. The van der Waals surface area contributed by atoms with Gasteiger partial charge in [0.1, 0.15) is 17.0 Å². The van der Waals surface area contributed by atoms with Crippen molar-refractivity contribution < 1.29 is 4.79 Å². The molecule has 0 N–H and O–H groups in total. The third-order valence-electron chi connectivity index (χ3n) is 4.44. The minimum atomic E-state index is 0.0762. The van der Waals surface area contributed by atoms with Crippen LogP contribution in [0.1, 0.15) is 6.42 Å². The number of carbonyl (C=O) groups excluding carboxylic acids is 1. The Balaban J connectivity index is 1.77. The second-order valence-electron chi connectivity index (χ2n) is 6.44. The van der Waals surface area contributed by atoms with Gasteiger partial charge in [-0.25, -0.2) is 9.97 Å². The van der Waals surface area contributed by atoms with Gasteiger partial charge in [-0.05, 0) is 11.6 Å². The van der Waals surface area contributed by atoms with E-state index in [1.165, 1.54) is 5.56 Å². The molecule has 3 rings (SSSR count). The zero-order valence-electron chi connectivity index (χ0n) is 16.0. The number of rotatable bonds is 9. The van der Waals surface area contributed by atoms with Crippen LogP contribution in [-0.4, -0.2) is 47.5 Å². The first kappa shape index (κ1) is 19.8. The lowest BCUT2D eigenvalue weighted by Crippen LogP contribution is -2.34. The van der Waals surface area contributed by atoms with Crippen molar-refractivity contribution in [2.24, 2.45) is 0 Å². The van der Waals surface area contributed by atoms with E-state index in [-0.39, 0.29) is 5.91 Å². The molecule has 0 spiro atoms. The van der Waals surface area contributed by atoms with E-state index < -0.39 is 0 Å². The quantitative estimate of drug-likeness (QED) is 0.507. The molecule has 2 heterocycles. The molecule has 6 heteroatoms. The third-order valence-corrected chi connectivity index (χ3v) is 5.53. The van der Waals surface area contributed by atoms with Crippen molar-refractivity contribution in [2.75, 3.05) is 31.6 Å². The predicted molar refractivity (Wildman–Crippen MR) is 118 cm³/mol. The Bertz CT molecular complexity index is 957. The molecule has 144 valence electrons. The van der Waals surface area contributed by atoms with Crippen LogP contribution in [0.2, 0.25) is 0 Å². The smallest absolute Gasteiger partial charge is 0.224 e. The summed E-state index contributed by atoms with van der Waals surface area (Å²) < 4.78 is 0. The summed E-state index contributed by atoms with van der Waals surface area (Å²) in [7, 11) is 1.96. The van der Waals surface area contributed by atoms with Crippen LogP contribution >= 0.6 is 11.3 Å². The van der Waals surface area contributed by atoms with Gasteiger partial charge in [-0.3, -0.25) is 4.79 Å². The number of benzene rings is 1.